The monoisotopic (exact) mass is 457 g/mol. The van der Waals surface area contributed by atoms with Crippen molar-refractivity contribution in [1.29, 1.82) is 0 Å². The number of aromatic amines is 1. The molecule has 0 bridgehead atoms. The maximum absolute atomic E-state index is 14.0. The summed E-state index contributed by atoms with van der Waals surface area (Å²) in [7, 11) is 1.65. The molecule has 6 rings (SSSR count). The number of rotatable bonds is 3. The van der Waals surface area contributed by atoms with Gasteiger partial charge in [0.1, 0.15) is 18.3 Å². The molecule has 1 unspecified atom stereocenters. The third-order valence-corrected chi connectivity index (χ3v) is 7.97. The zero-order valence-electron chi connectivity index (χ0n) is 19.6. The van der Waals surface area contributed by atoms with Gasteiger partial charge in [0.05, 0.1) is 13.2 Å². The Morgan fingerprint density at radius 1 is 0.971 bits per heavy atom. The molecule has 176 valence electrons. The van der Waals surface area contributed by atoms with Gasteiger partial charge in [-0.1, -0.05) is 56.0 Å². The first-order valence-electron chi connectivity index (χ1n) is 12.5. The Balaban J connectivity index is 1.47. The maximum atomic E-state index is 14.0. The molecule has 2 fully saturated rings. The Hall–Kier alpha value is -3.28. The summed E-state index contributed by atoms with van der Waals surface area (Å²) in [5.74, 6) is 0.884. The zero-order valence-corrected chi connectivity index (χ0v) is 19.6. The van der Waals surface area contributed by atoms with Gasteiger partial charge in [-0.15, -0.1) is 0 Å². The number of aromatic nitrogens is 1. The van der Waals surface area contributed by atoms with Gasteiger partial charge >= 0.3 is 0 Å². The molecule has 0 radical (unpaired) electrons. The van der Waals surface area contributed by atoms with Crippen molar-refractivity contribution in [2.75, 3.05) is 13.7 Å². The first kappa shape index (κ1) is 21.3. The van der Waals surface area contributed by atoms with Crippen molar-refractivity contribution in [3.05, 3.63) is 65.4 Å². The number of amides is 2. The van der Waals surface area contributed by atoms with Gasteiger partial charge in [-0.3, -0.25) is 9.59 Å². The lowest BCUT2D eigenvalue weighted by atomic mass is 9.85. The van der Waals surface area contributed by atoms with Gasteiger partial charge in [-0.25, -0.2) is 0 Å². The lowest BCUT2D eigenvalue weighted by molar-refractivity contribution is -0.161. The summed E-state index contributed by atoms with van der Waals surface area (Å²) in [5.41, 5.74) is 4.16. The molecule has 0 spiro atoms. The third kappa shape index (κ3) is 3.39. The highest BCUT2D eigenvalue weighted by molar-refractivity contribution is 5.97. The van der Waals surface area contributed by atoms with Gasteiger partial charge in [0, 0.05) is 29.1 Å². The van der Waals surface area contributed by atoms with Crippen LogP contribution in [0.3, 0.4) is 0 Å². The van der Waals surface area contributed by atoms with Crippen molar-refractivity contribution in [1.82, 2.24) is 14.8 Å². The Labute approximate surface area is 199 Å². The van der Waals surface area contributed by atoms with E-state index in [1.807, 2.05) is 46.2 Å². The first-order valence-corrected chi connectivity index (χ1v) is 12.5. The number of hydrogen-bond acceptors (Lipinski definition) is 3. The fourth-order valence-electron chi connectivity index (χ4n) is 6.32. The maximum Gasteiger partial charge on any atom is 0.246 e. The number of para-hydroxylation sites is 1. The highest BCUT2D eigenvalue weighted by Crippen LogP contribution is 2.43. The third-order valence-electron chi connectivity index (χ3n) is 7.97. The molecule has 2 atom stereocenters. The van der Waals surface area contributed by atoms with Crippen LogP contribution in [0.4, 0.5) is 0 Å². The first-order chi connectivity index (χ1) is 16.7. The molecule has 3 aromatic rings. The Bertz CT molecular complexity index is 1240. The van der Waals surface area contributed by atoms with E-state index in [0.717, 1.165) is 59.2 Å². The average Bonchev–Trinajstić information content (AvgIpc) is 3.02. The highest BCUT2D eigenvalue weighted by Gasteiger charge is 2.49. The van der Waals surface area contributed by atoms with Crippen LogP contribution in [-0.4, -0.2) is 52.3 Å². The zero-order chi connectivity index (χ0) is 23.2. The molecular formula is C28H31N3O3. The number of fused-ring (bicyclic) bond motifs is 4. The van der Waals surface area contributed by atoms with Crippen LogP contribution in [0.5, 0.6) is 5.75 Å². The molecule has 1 aromatic heterocycles. The number of benzene rings is 2. The van der Waals surface area contributed by atoms with Crippen LogP contribution < -0.4 is 4.74 Å². The molecule has 1 saturated heterocycles. The molecule has 2 aromatic carbocycles. The van der Waals surface area contributed by atoms with Crippen molar-refractivity contribution >= 4 is 22.7 Å². The van der Waals surface area contributed by atoms with Crippen LogP contribution in [0.25, 0.3) is 10.9 Å². The van der Waals surface area contributed by atoms with E-state index in [9.17, 15) is 9.59 Å². The largest absolute Gasteiger partial charge is 0.497 e. The van der Waals surface area contributed by atoms with E-state index in [1.165, 1.54) is 12.8 Å². The standard InChI is InChI=1S/C28H31N3O3/c1-34-20-12-8-9-18(15-20)27-26-22(21-13-6-7-14-23(21)29-26)16-24-28(33)30(17-25(32)31(24)27)19-10-4-2-3-5-11-19/h6-9,12-15,19,24,27,29H,2-5,10-11,16-17H2,1H3/t24-,27?/m0/s1. The number of H-pyrrole nitrogens is 1. The predicted molar refractivity (Wildman–Crippen MR) is 131 cm³/mol. The topological polar surface area (TPSA) is 65.6 Å². The minimum atomic E-state index is -0.479. The molecule has 6 nitrogen and oxygen atoms in total. The van der Waals surface area contributed by atoms with E-state index in [2.05, 4.69) is 17.1 Å². The summed E-state index contributed by atoms with van der Waals surface area (Å²) in [5, 5.41) is 1.14. The summed E-state index contributed by atoms with van der Waals surface area (Å²) in [6.45, 7) is 0.177. The van der Waals surface area contributed by atoms with Gasteiger partial charge in [0.25, 0.3) is 0 Å². The van der Waals surface area contributed by atoms with E-state index in [-0.39, 0.29) is 30.4 Å². The Morgan fingerprint density at radius 2 is 1.76 bits per heavy atom. The minimum absolute atomic E-state index is 0.0333. The van der Waals surface area contributed by atoms with Crippen molar-refractivity contribution in [2.45, 2.75) is 63.1 Å². The molecule has 1 aliphatic carbocycles. The van der Waals surface area contributed by atoms with E-state index in [0.29, 0.717) is 6.42 Å². The predicted octanol–water partition coefficient (Wildman–Crippen LogP) is 4.58. The van der Waals surface area contributed by atoms with Crippen LogP contribution in [0.1, 0.15) is 61.4 Å². The summed E-state index contributed by atoms with van der Waals surface area (Å²) in [6, 6.07) is 15.5. The second-order valence-electron chi connectivity index (χ2n) is 9.87. The quantitative estimate of drug-likeness (QED) is 0.586. The number of nitrogens with one attached hydrogen (secondary N) is 1. The minimum Gasteiger partial charge on any atom is -0.497 e. The number of piperazine rings is 1. The Kier molecular flexibility index (Phi) is 5.31. The number of hydrogen-bond donors (Lipinski definition) is 1. The van der Waals surface area contributed by atoms with Crippen molar-refractivity contribution < 1.29 is 14.3 Å². The number of carbonyl (C=O) groups is 2. The average molecular weight is 458 g/mol. The van der Waals surface area contributed by atoms with Crippen LogP contribution in [-0.2, 0) is 16.0 Å². The van der Waals surface area contributed by atoms with E-state index in [1.54, 1.807) is 7.11 Å². The number of ether oxygens (including phenoxy) is 1. The number of nitrogens with zero attached hydrogens (tertiary/aromatic N) is 2. The van der Waals surface area contributed by atoms with Gasteiger partial charge in [-0.2, -0.15) is 0 Å². The molecule has 3 aliphatic rings. The molecule has 6 heteroatoms. The Morgan fingerprint density at radius 3 is 2.56 bits per heavy atom. The van der Waals surface area contributed by atoms with Gasteiger partial charge < -0.3 is 19.5 Å². The molecule has 34 heavy (non-hydrogen) atoms. The SMILES string of the molecule is COc1cccc(C2c3[nH]c4ccccc4c3C[C@H]3C(=O)N(C4CCCCCC4)CC(=O)N23)c1. The van der Waals surface area contributed by atoms with Crippen LogP contribution in [0.15, 0.2) is 48.5 Å². The molecule has 2 aliphatic heterocycles. The van der Waals surface area contributed by atoms with E-state index in [4.69, 9.17) is 4.74 Å². The molecule has 2 amide bonds. The summed E-state index contributed by atoms with van der Waals surface area (Å²) < 4.78 is 5.50. The smallest absolute Gasteiger partial charge is 0.246 e. The molecule has 3 heterocycles. The summed E-state index contributed by atoms with van der Waals surface area (Å²) in [6.07, 6.45) is 7.27. The summed E-state index contributed by atoms with van der Waals surface area (Å²) in [4.78, 5) is 35.1. The molecule has 1 N–H and O–H groups in total. The van der Waals surface area contributed by atoms with Crippen LogP contribution in [0.2, 0.25) is 0 Å². The fourth-order valence-corrected chi connectivity index (χ4v) is 6.32. The van der Waals surface area contributed by atoms with E-state index < -0.39 is 6.04 Å². The van der Waals surface area contributed by atoms with Gasteiger partial charge in [0.15, 0.2) is 0 Å². The molecule has 1 saturated carbocycles. The van der Waals surface area contributed by atoms with Crippen LogP contribution >= 0.6 is 0 Å². The highest BCUT2D eigenvalue weighted by atomic mass is 16.5. The van der Waals surface area contributed by atoms with Crippen molar-refractivity contribution in [2.24, 2.45) is 0 Å². The summed E-state index contributed by atoms with van der Waals surface area (Å²) >= 11 is 0. The lowest BCUT2D eigenvalue weighted by Gasteiger charge is -2.48. The lowest BCUT2D eigenvalue weighted by Crippen LogP contribution is -2.64. The number of carbonyl (C=O) groups excluding carboxylic acids is 2. The second kappa shape index (κ2) is 8.49. The van der Waals surface area contributed by atoms with Gasteiger partial charge in [-0.05, 0) is 42.2 Å². The fraction of sp³-hybridized carbons (Fsp3) is 0.429. The van der Waals surface area contributed by atoms with Gasteiger partial charge in [0.2, 0.25) is 11.8 Å². The van der Waals surface area contributed by atoms with Crippen molar-refractivity contribution in [3.8, 4) is 5.75 Å². The molecular weight excluding hydrogens is 426 g/mol. The normalized spacial score (nSPS) is 23.6. The van der Waals surface area contributed by atoms with Crippen LogP contribution in [0, 0.1) is 0 Å². The van der Waals surface area contributed by atoms with Crippen molar-refractivity contribution in [3.63, 3.8) is 0 Å². The second-order valence-corrected chi connectivity index (χ2v) is 9.87. The number of methoxy groups -OCH3 is 1. The van der Waals surface area contributed by atoms with E-state index >= 15 is 0 Å².